The second-order valence-electron chi connectivity index (χ2n) is 4.14. The van der Waals surface area contributed by atoms with Gasteiger partial charge in [-0.05, 0) is 34.8 Å². The highest BCUT2D eigenvalue weighted by Crippen LogP contribution is 2.54. The highest BCUT2D eigenvalue weighted by Gasteiger charge is 2.45. The van der Waals surface area contributed by atoms with E-state index in [0.29, 0.717) is 47.6 Å². The zero-order valence-corrected chi connectivity index (χ0v) is 10.1. The first-order chi connectivity index (χ1) is 7.62. The Morgan fingerprint density at radius 1 is 1.25 bits per heavy atom. The molecule has 0 amide bonds. The van der Waals surface area contributed by atoms with Gasteiger partial charge in [0.2, 0.25) is 0 Å². The molecule has 0 radical (unpaired) electrons. The Kier molecular flexibility index (Phi) is 2.09. The predicted octanol–water partition coefficient (Wildman–Crippen LogP) is 1.91. The molecule has 5 heteroatoms. The van der Waals surface area contributed by atoms with Crippen LogP contribution in [-0.2, 0) is 5.60 Å². The van der Waals surface area contributed by atoms with Crippen LogP contribution in [0.25, 0.3) is 0 Å². The number of ether oxygens (including phenoxy) is 2. The standard InChI is InChI=1S/C11H11BrO4/c12-8-9(13)6(11(14)1-2-11)5-7-10(8)16-4-3-15-7/h5,13-14H,1-4H2. The second-order valence-corrected chi connectivity index (χ2v) is 4.94. The van der Waals surface area contributed by atoms with Crippen LogP contribution < -0.4 is 9.47 Å². The van der Waals surface area contributed by atoms with Gasteiger partial charge in [-0.2, -0.15) is 0 Å². The van der Waals surface area contributed by atoms with Crippen LogP contribution in [0.1, 0.15) is 18.4 Å². The molecule has 0 saturated heterocycles. The molecule has 1 aromatic carbocycles. The summed E-state index contributed by atoms with van der Waals surface area (Å²) in [5.74, 6) is 1.13. The summed E-state index contributed by atoms with van der Waals surface area (Å²) in [7, 11) is 0. The predicted molar refractivity (Wildman–Crippen MR) is 59.9 cm³/mol. The Hall–Kier alpha value is -0.940. The fourth-order valence-corrected chi connectivity index (χ4v) is 2.40. The molecule has 2 N–H and O–H groups in total. The largest absolute Gasteiger partial charge is 0.506 e. The van der Waals surface area contributed by atoms with Gasteiger partial charge in [0.15, 0.2) is 11.5 Å². The lowest BCUT2D eigenvalue weighted by Crippen LogP contribution is -2.17. The fraction of sp³-hybridized carbons (Fsp3) is 0.455. The van der Waals surface area contributed by atoms with Crippen LogP contribution in [0.5, 0.6) is 17.2 Å². The minimum atomic E-state index is -0.886. The van der Waals surface area contributed by atoms with Crippen molar-refractivity contribution >= 4 is 15.9 Å². The lowest BCUT2D eigenvalue weighted by atomic mass is 10.1. The molecule has 0 unspecified atom stereocenters. The summed E-state index contributed by atoms with van der Waals surface area (Å²) in [6.07, 6.45) is 1.35. The van der Waals surface area contributed by atoms with E-state index in [0.717, 1.165) is 0 Å². The molecule has 0 atom stereocenters. The number of phenols is 1. The lowest BCUT2D eigenvalue weighted by molar-refractivity contribution is 0.142. The van der Waals surface area contributed by atoms with Crippen LogP contribution in [0, 0.1) is 0 Å². The average molecular weight is 287 g/mol. The van der Waals surface area contributed by atoms with Crippen molar-refractivity contribution in [3.8, 4) is 17.2 Å². The van der Waals surface area contributed by atoms with Crippen LogP contribution >= 0.6 is 15.9 Å². The van der Waals surface area contributed by atoms with Gasteiger partial charge in [-0.3, -0.25) is 0 Å². The maximum absolute atomic E-state index is 10.0. The van der Waals surface area contributed by atoms with E-state index in [9.17, 15) is 10.2 Å². The summed E-state index contributed by atoms with van der Waals surface area (Å²) in [6, 6.07) is 1.67. The molecule has 1 aliphatic carbocycles. The molecular weight excluding hydrogens is 276 g/mol. The normalized spacial score (nSPS) is 20.6. The first kappa shape index (κ1) is 10.2. The maximum atomic E-state index is 10.0. The molecule has 2 aliphatic rings. The van der Waals surface area contributed by atoms with Crippen molar-refractivity contribution in [2.75, 3.05) is 13.2 Å². The smallest absolute Gasteiger partial charge is 0.179 e. The Bertz CT molecular complexity index is 454. The number of aliphatic hydroxyl groups is 1. The van der Waals surface area contributed by atoms with E-state index in [4.69, 9.17) is 9.47 Å². The fourth-order valence-electron chi connectivity index (χ4n) is 1.88. The molecular formula is C11H11BrO4. The number of rotatable bonds is 1. The maximum Gasteiger partial charge on any atom is 0.179 e. The number of hydrogen-bond acceptors (Lipinski definition) is 4. The highest BCUT2D eigenvalue weighted by atomic mass is 79.9. The van der Waals surface area contributed by atoms with Gasteiger partial charge in [-0.15, -0.1) is 0 Å². The summed E-state index contributed by atoms with van der Waals surface area (Å²) in [5, 5.41) is 20.0. The quantitative estimate of drug-likeness (QED) is 0.828. The number of aromatic hydroxyl groups is 1. The third-order valence-corrected chi connectivity index (χ3v) is 3.71. The molecule has 1 fully saturated rings. The van der Waals surface area contributed by atoms with Gasteiger partial charge >= 0.3 is 0 Å². The van der Waals surface area contributed by atoms with E-state index < -0.39 is 5.60 Å². The summed E-state index contributed by atoms with van der Waals surface area (Å²) >= 11 is 3.27. The van der Waals surface area contributed by atoms with E-state index in [2.05, 4.69) is 15.9 Å². The highest BCUT2D eigenvalue weighted by molar-refractivity contribution is 9.10. The second kappa shape index (κ2) is 3.28. The molecule has 0 spiro atoms. The number of halogens is 1. The molecule has 0 bridgehead atoms. The van der Waals surface area contributed by atoms with Crippen molar-refractivity contribution in [3.05, 3.63) is 16.1 Å². The van der Waals surface area contributed by atoms with E-state index in [-0.39, 0.29) is 5.75 Å². The molecule has 0 aromatic heterocycles. The Labute approximate surface area is 101 Å². The molecule has 86 valence electrons. The van der Waals surface area contributed by atoms with Gasteiger partial charge in [0.25, 0.3) is 0 Å². The Morgan fingerprint density at radius 2 is 1.94 bits per heavy atom. The average Bonchev–Trinajstić information content (AvgIpc) is 3.03. The van der Waals surface area contributed by atoms with Gasteiger partial charge in [0.1, 0.15) is 23.4 Å². The van der Waals surface area contributed by atoms with Gasteiger partial charge in [-0.25, -0.2) is 0 Å². The van der Waals surface area contributed by atoms with E-state index in [1.54, 1.807) is 6.07 Å². The minimum Gasteiger partial charge on any atom is -0.506 e. The SMILES string of the molecule is Oc1c(C2(O)CC2)cc2c(c1Br)OCCO2. The zero-order valence-electron chi connectivity index (χ0n) is 8.49. The molecule has 3 rings (SSSR count). The van der Waals surface area contributed by atoms with Gasteiger partial charge < -0.3 is 19.7 Å². The van der Waals surface area contributed by atoms with Crippen molar-refractivity contribution in [1.29, 1.82) is 0 Å². The van der Waals surface area contributed by atoms with Gasteiger partial charge in [0.05, 0.1) is 5.60 Å². The van der Waals surface area contributed by atoms with Crippen molar-refractivity contribution in [2.24, 2.45) is 0 Å². The third kappa shape index (κ3) is 1.38. The number of hydrogen-bond donors (Lipinski definition) is 2. The summed E-state index contributed by atoms with van der Waals surface area (Å²) in [6.45, 7) is 0.955. The Balaban J connectivity index is 2.17. The van der Waals surface area contributed by atoms with Crippen LogP contribution in [0.15, 0.2) is 10.5 Å². The summed E-state index contributed by atoms with van der Waals surface area (Å²) in [5.41, 5.74) is -0.369. The van der Waals surface area contributed by atoms with E-state index in [1.165, 1.54) is 0 Å². The van der Waals surface area contributed by atoms with Crippen LogP contribution in [-0.4, -0.2) is 23.4 Å². The summed E-state index contributed by atoms with van der Waals surface area (Å²) in [4.78, 5) is 0. The molecule has 1 heterocycles. The summed E-state index contributed by atoms with van der Waals surface area (Å²) < 4.78 is 11.3. The first-order valence-corrected chi connectivity index (χ1v) is 5.95. The van der Waals surface area contributed by atoms with Gasteiger partial charge in [0, 0.05) is 5.56 Å². The third-order valence-electron chi connectivity index (χ3n) is 2.97. The Morgan fingerprint density at radius 3 is 2.62 bits per heavy atom. The molecule has 1 aliphatic heterocycles. The van der Waals surface area contributed by atoms with E-state index >= 15 is 0 Å². The minimum absolute atomic E-state index is 0.0456. The number of benzene rings is 1. The van der Waals surface area contributed by atoms with E-state index in [1.807, 2.05) is 0 Å². The van der Waals surface area contributed by atoms with Crippen molar-refractivity contribution < 1.29 is 19.7 Å². The van der Waals surface area contributed by atoms with Crippen molar-refractivity contribution in [3.63, 3.8) is 0 Å². The number of phenolic OH excluding ortho intramolecular Hbond substituents is 1. The molecule has 16 heavy (non-hydrogen) atoms. The van der Waals surface area contributed by atoms with Crippen molar-refractivity contribution in [1.82, 2.24) is 0 Å². The van der Waals surface area contributed by atoms with Gasteiger partial charge in [-0.1, -0.05) is 0 Å². The molecule has 4 nitrogen and oxygen atoms in total. The first-order valence-electron chi connectivity index (χ1n) is 5.16. The van der Waals surface area contributed by atoms with Crippen LogP contribution in [0.3, 0.4) is 0 Å². The van der Waals surface area contributed by atoms with Crippen LogP contribution in [0.4, 0.5) is 0 Å². The molecule has 1 saturated carbocycles. The van der Waals surface area contributed by atoms with Crippen molar-refractivity contribution in [2.45, 2.75) is 18.4 Å². The van der Waals surface area contributed by atoms with Crippen LogP contribution in [0.2, 0.25) is 0 Å². The lowest BCUT2D eigenvalue weighted by Gasteiger charge is -2.22. The zero-order chi connectivity index (χ0) is 11.3. The number of fused-ring (bicyclic) bond motifs is 1. The topological polar surface area (TPSA) is 58.9 Å². The monoisotopic (exact) mass is 286 g/mol. The molecule has 1 aromatic rings.